The molecule has 3 aromatic rings. The van der Waals surface area contributed by atoms with E-state index in [4.69, 9.17) is 16.3 Å². The van der Waals surface area contributed by atoms with Crippen molar-refractivity contribution in [3.8, 4) is 23.1 Å². The summed E-state index contributed by atoms with van der Waals surface area (Å²) in [5.41, 5.74) is 0.461. The van der Waals surface area contributed by atoms with Crippen molar-refractivity contribution in [1.82, 2.24) is 4.98 Å². The van der Waals surface area contributed by atoms with E-state index in [1.54, 1.807) is 24.6 Å². The van der Waals surface area contributed by atoms with Gasteiger partial charge in [-0.05, 0) is 42.5 Å². The van der Waals surface area contributed by atoms with E-state index in [2.05, 4.69) is 10.3 Å². The van der Waals surface area contributed by atoms with Crippen LogP contribution in [0, 0.1) is 11.3 Å². The summed E-state index contributed by atoms with van der Waals surface area (Å²) in [5.74, 6) is 0.703. The Morgan fingerprint density at radius 3 is 2.59 bits per heavy atom. The standard InChI is InChI=1S/C20H13ClF3N3OS/c1-28-15-5-2-12(3-6-15)18-11-29-19(27-18)13(9-25)10-26-17-7-4-14(21)8-16(17)20(22,23)24/h2-8,10-11,26H,1H3. The summed E-state index contributed by atoms with van der Waals surface area (Å²) < 4.78 is 44.7. The van der Waals surface area contributed by atoms with Crippen molar-refractivity contribution in [1.29, 1.82) is 5.26 Å². The van der Waals surface area contributed by atoms with E-state index in [9.17, 15) is 18.4 Å². The summed E-state index contributed by atoms with van der Waals surface area (Å²) in [5, 5.41) is 14.1. The number of methoxy groups -OCH3 is 1. The van der Waals surface area contributed by atoms with Crippen LogP contribution in [0.25, 0.3) is 16.8 Å². The Morgan fingerprint density at radius 2 is 1.97 bits per heavy atom. The molecule has 0 bridgehead atoms. The number of ether oxygens (including phenoxy) is 1. The van der Waals surface area contributed by atoms with Gasteiger partial charge in [-0.1, -0.05) is 11.6 Å². The number of aromatic nitrogens is 1. The lowest BCUT2D eigenvalue weighted by Crippen LogP contribution is -2.08. The number of rotatable bonds is 5. The van der Waals surface area contributed by atoms with Gasteiger partial charge in [0.1, 0.15) is 22.4 Å². The summed E-state index contributed by atoms with van der Waals surface area (Å²) >= 11 is 6.89. The van der Waals surface area contributed by atoms with E-state index in [0.29, 0.717) is 16.5 Å². The maximum atomic E-state index is 13.2. The molecule has 0 amide bonds. The Kier molecular flexibility index (Phi) is 6.11. The molecule has 1 aromatic heterocycles. The smallest absolute Gasteiger partial charge is 0.418 e. The van der Waals surface area contributed by atoms with Crippen molar-refractivity contribution in [3.63, 3.8) is 0 Å². The van der Waals surface area contributed by atoms with Crippen LogP contribution in [0.5, 0.6) is 5.75 Å². The number of halogens is 4. The van der Waals surface area contributed by atoms with Crippen LogP contribution in [-0.4, -0.2) is 12.1 Å². The molecule has 0 aliphatic carbocycles. The Labute approximate surface area is 173 Å². The molecule has 1 heterocycles. The van der Waals surface area contributed by atoms with Gasteiger partial charge in [0.15, 0.2) is 0 Å². The third-order valence-corrected chi connectivity index (χ3v) is 5.01. The zero-order chi connectivity index (χ0) is 21.0. The molecule has 0 saturated heterocycles. The van der Waals surface area contributed by atoms with Gasteiger partial charge < -0.3 is 10.1 Å². The van der Waals surface area contributed by atoms with Crippen LogP contribution in [0.1, 0.15) is 10.6 Å². The molecule has 0 aliphatic rings. The van der Waals surface area contributed by atoms with Gasteiger partial charge in [0, 0.05) is 22.2 Å². The van der Waals surface area contributed by atoms with Crippen LogP contribution in [0.3, 0.4) is 0 Å². The summed E-state index contributed by atoms with van der Waals surface area (Å²) in [7, 11) is 1.57. The molecule has 2 aromatic carbocycles. The maximum absolute atomic E-state index is 13.2. The molecule has 29 heavy (non-hydrogen) atoms. The van der Waals surface area contributed by atoms with Crippen molar-refractivity contribution in [2.45, 2.75) is 6.18 Å². The minimum absolute atomic E-state index is 0.0311. The van der Waals surface area contributed by atoms with E-state index in [0.717, 1.165) is 11.6 Å². The van der Waals surface area contributed by atoms with Gasteiger partial charge in [0.2, 0.25) is 0 Å². The van der Waals surface area contributed by atoms with E-state index < -0.39 is 11.7 Å². The number of allylic oxidation sites excluding steroid dienone is 1. The van der Waals surface area contributed by atoms with Crippen LogP contribution in [0.15, 0.2) is 54.0 Å². The highest BCUT2D eigenvalue weighted by Gasteiger charge is 2.33. The number of alkyl halides is 3. The predicted octanol–water partition coefficient (Wildman–Crippen LogP) is 6.47. The predicted molar refractivity (Wildman–Crippen MR) is 108 cm³/mol. The summed E-state index contributed by atoms with van der Waals surface area (Å²) in [6.45, 7) is 0. The molecule has 9 heteroatoms. The number of nitrogens with one attached hydrogen (secondary N) is 1. The normalized spacial score (nSPS) is 11.8. The first-order valence-corrected chi connectivity index (χ1v) is 9.41. The topological polar surface area (TPSA) is 57.9 Å². The Balaban J connectivity index is 1.87. The van der Waals surface area contributed by atoms with Crippen molar-refractivity contribution < 1.29 is 17.9 Å². The quantitative estimate of drug-likeness (QED) is 0.467. The third-order valence-electron chi connectivity index (χ3n) is 3.90. The van der Waals surface area contributed by atoms with Crippen molar-refractivity contribution in [2.75, 3.05) is 12.4 Å². The van der Waals surface area contributed by atoms with E-state index in [-0.39, 0.29) is 16.3 Å². The second-order valence-corrected chi connectivity index (χ2v) is 7.06. The van der Waals surface area contributed by atoms with Gasteiger partial charge >= 0.3 is 6.18 Å². The molecule has 0 spiro atoms. The first-order valence-electron chi connectivity index (χ1n) is 8.15. The number of hydrogen-bond acceptors (Lipinski definition) is 5. The van der Waals surface area contributed by atoms with Gasteiger partial charge in [-0.3, -0.25) is 0 Å². The van der Waals surface area contributed by atoms with Crippen LogP contribution < -0.4 is 10.1 Å². The number of benzene rings is 2. The van der Waals surface area contributed by atoms with Crippen LogP contribution in [0.4, 0.5) is 18.9 Å². The van der Waals surface area contributed by atoms with Crippen LogP contribution in [0.2, 0.25) is 5.02 Å². The maximum Gasteiger partial charge on any atom is 0.418 e. The molecule has 1 N–H and O–H groups in total. The lowest BCUT2D eigenvalue weighted by molar-refractivity contribution is -0.136. The fraction of sp³-hybridized carbons (Fsp3) is 0.100. The molecule has 0 radical (unpaired) electrons. The van der Waals surface area contributed by atoms with Crippen LogP contribution in [-0.2, 0) is 6.18 Å². The molecule has 0 atom stereocenters. The number of thiazole rings is 1. The molecule has 0 fully saturated rings. The molecule has 0 saturated carbocycles. The first kappa shape index (κ1) is 20.7. The zero-order valence-electron chi connectivity index (χ0n) is 14.9. The van der Waals surface area contributed by atoms with E-state index >= 15 is 0 Å². The lowest BCUT2D eigenvalue weighted by Gasteiger charge is -2.13. The monoisotopic (exact) mass is 435 g/mol. The lowest BCUT2D eigenvalue weighted by atomic mass is 10.1. The minimum atomic E-state index is -4.59. The Hall–Kier alpha value is -3.02. The Morgan fingerprint density at radius 1 is 1.24 bits per heavy atom. The molecular formula is C20H13ClF3N3OS. The molecule has 0 aliphatic heterocycles. The van der Waals surface area contributed by atoms with Gasteiger partial charge in [-0.15, -0.1) is 11.3 Å². The Bertz CT molecular complexity index is 1090. The molecule has 0 unspecified atom stereocenters. The SMILES string of the molecule is COc1ccc(-c2csc(C(C#N)=CNc3ccc(Cl)cc3C(F)(F)F)n2)cc1. The van der Waals surface area contributed by atoms with Gasteiger partial charge in [-0.2, -0.15) is 18.4 Å². The highest BCUT2D eigenvalue weighted by Crippen LogP contribution is 2.37. The second-order valence-electron chi connectivity index (χ2n) is 5.77. The number of nitrogens with zero attached hydrogens (tertiary/aromatic N) is 2. The largest absolute Gasteiger partial charge is 0.497 e. The van der Waals surface area contributed by atoms with Gasteiger partial charge in [0.25, 0.3) is 0 Å². The van der Waals surface area contributed by atoms with Crippen molar-refractivity contribution in [2.24, 2.45) is 0 Å². The average Bonchev–Trinajstić information content (AvgIpc) is 3.18. The zero-order valence-corrected chi connectivity index (χ0v) is 16.5. The summed E-state index contributed by atoms with van der Waals surface area (Å²) in [4.78, 5) is 4.41. The molecule has 148 valence electrons. The number of hydrogen-bond donors (Lipinski definition) is 1. The van der Waals surface area contributed by atoms with Crippen molar-refractivity contribution in [3.05, 3.63) is 69.6 Å². The van der Waals surface area contributed by atoms with Crippen molar-refractivity contribution >= 4 is 34.2 Å². The van der Waals surface area contributed by atoms with Gasteiger partial charge in [-0.25, -0.2) is 4.98 Å². The first-order chi connectivity index (χ1) is 13.8. The average molecular weight is 436 g/mol. The number of nitriles is 1. The summed E-state index contributed by atoms with van der Waals surface area (Å²) in [6, 6.07) is 12.6. The summed E-state index contributed by atoms with van der Waals surface area (Å²) in [6.07, 6.45) is -3.38. The second kappa shape index (κ2) is 8.55. The third kappa shape index (κ3) is 4.88. The van der Waals surface area contributed by atoms with Crippen LogP contribution >= 0.6 is 22.9 Å². The van der Waals surface area contributed by atoms with E-state index in [1.165, 1.54) is 29.7 Å². The molecule has 4 nitrogen and oxygen atoms in total. The fourth-order valence-corrected chi connectivity index (χ4v) is 3.43. The fourth-order valence-electron chi connectivity index (χ4n) is 2.46. The highest BCUT2D eigenvalue weighted by atomic mass is 35.5. The molecular weight excluding hydrogens is 423 g/mol. The van der Waals surface area contributed by atoms with Gasteiger partial charge in [0.05, 0.1) is 24.1 Å². The van der Waals surface area contributed by atoms with E-state index in [1.807, 2.05) is 18.2 Å². The number of anilines is 1. The highest BCUT2D eigenvalue weighted by molar-refractivity contribution is 7.11. The minimum Gasteiger partial charge on any atom is -0.497 e. The molecule has 3 rings (SSSR count).